The third kappa shape index (κ3) is 3.20. The molecular formula is C15H20BrN3O. The standard InChI is InChI=1S/C15H20BrN3O/c16-13-5-3-9-18-14(13)15(20)19(12-6-7-12)10-11-4-1-2-8-17-11/h3,5,9,11-12,17H,1-2,4,6-8,10H2. The maximum atomic E-state index is 12.7. The fourth-order valence-corrected chi connectivity index (χ4v) is 3.20. The molecule has 3 rings (SSSR count). The van der Waals surface area contributed by atoms with E-state index < -0.39 is 0 Å². The van der Waals surface area contributed by atoms with Crippen LogP contribution in [-0.4, -0.2) is 41.0 Å². The second kappa shape index (κ2) is 6.22. The summed E-state index contributed by atoms with van der Waals surface area (Å²) < 4.78 is 0.784. The molecule has 2 fully saturated rings. The van der Waals surface area contributed by atoms with Crippen LogP contribution < -0.4 is 5.32 Å². The van der Waals surface area contributed by atoms with Crippen LogP contribution >= 0.6 is 15.9 Å². The smallest absolute Gasteiger partial charge is 0.273 e. The maximum absolute atomic E-state index is 12.7. The highest BCUT2D eigenvalue weighted by Gasteiger charge is 2.35. The molecule has 1 N–H and O–H groups in total. The van der Waals surface area contributed by atoms with E-state index in [2.05, 4.69) is 26.2 Å². The minimum Gasteiger partial charge on any atom is -0.333 e. The number of halogens is 1. The first kappa shape index (κ1) is 14.0. The highest BCUT2D eigenvalue weighted by atomic mass is 79.9. The lowest BCUT2D eigenvalue weighted by Crippen LogP contribution is -2.46. The summed E-state index contributed by atoms with van der Waals surface area (Å²) >= 11 is 3.43. The van der Waals surface area contributed by atoms with E-state index in [0.29, 0.717) is 17.8 Å². The number of aromatic nitrogens is 1. The van der Waals surface area contributed by atoms with Crippen LogP contribution in [0.5, 0.6) is 0 Å². The van der Waals surface area contributed by atoms with Gasteiger partial charge in [0.25, 0.3) is 5.91 Å². The molecular weight excluding hydrogens is 318 g/mol. The molecule has 1 unspecified atom stereocenters. The molecule has 20 heavy (non-hydrogen) atoms. The SMILES string of the molecule is O=C(c1ncccc1Br)N(CC1CCCCN1)C1CC1. The van der Waals surface area contributed by atoms with E-state index in [1.807, 2.05) is 17.0 Å². The van der Waals surface area contributed by atoms with Crippen LogP contribution in [-0.2, 0) is 0 Å². The average molecular weight is 338 g/mol. The Kier molecular flexibility index (Phi) is 4.36. The predicted octanol–water partition coefficient (Wildman–Crippen LogP) is 2.59. The number of rotatable bonds is 4. The largest absolute Gasteiger partial charge is 0.333 e. The minimum atomic E-state index is 0.0624. The summed E-state index contributed by atoms with van der Waals surface area (Å²) in [5, 5.41) is 3.53. The molecule has 1 amide bonds. The van der Waals surface area contributed by atoms with Gasteiger partial charge in [0.05, 0.1) is 0 Å². The van der Waals surface area contributed by atoms with Crippen molar-refractivity contribution in [1.82, 2.24) is 15.2 Å². The molecule has 2 aliphatic rings. The molecule has 4 nitrogen and oxygen atoms in total. The van der Waals surface area contributed by atoms with Crippen LogP contribution in [0.3, 0.4) is 0 Å². The number of hydrogen-bond donors (Lipinski definition) is 1. The molecule has 1 aliphatic carbocycles. The van der Waals surface area contributed by atoms with E-state index in [-0.39, 0.29) is 5.91 Å². The van der Waals surface area contributed by atoms with Gasteiger partial charge in [-0.3, -0.25) is 4.79 Å². The summed E-state index contributed by atoms with van der Waals surface area (Å²) in [6, 6.07) is 4.57. The summed E-state index contributed by atoms with van der Waals surface area (Å²) in [7, 11) is 0. The Bertz CT molecular complexity index is 484. The zero-order chi connectivity index (χ0) is 13.9. The molecule has 1 aliphatic heterocycles. The zero-order valence-electron chi connectivity index (χ0n) is 11.5. The lowest BCUT2D eigenvalue weighted by Gasteiger charge is -2.30. The number of nitrogens with zero attached hydrogens (tertiary/aromatic N) is 2. The molecule has 1 aromatic heterocycles. The van der Waals surface area contributed by atoms with Gasteiger partial charge >= 0.3 is 0 Å². The summed E-state index contributed by atoms with van der Waals surface area (Å²) in [5.41, 5.74) is 0.537. The summed E-state index contributed by atoms with van der Waals surface area (Å²) in [6.45, 7) is 1.89. The Morgan fingerprint density at radius 2 is 2.25 bits per heavy atom. The number of amides is 1. The minimum absolute atomic E-state index is 0.0624. The average Bonchev–Trinajstić information content (AvgIpc) is 3.30. The third-order valence-electron chi connectivity index (χ3n) is 4.04. The summed E-state index contributed by atoms with van der Waals surface area (Å²) in [5.74, 6) is 0.0624. The van der Waals surface area contributed by atoms with Crippen LogP contribution in [0.1, 0.15) is 42.6 Å². The predicted molar refractivity (Wildman–Crippen MR) is 81.6 cm³/mol. The fraction of sp³-hybridized carbons (Fsp3) is 0.600. The van der Waals surface area contributed by atoms with Crippen LogP contribution in [0, 0.1) is 0 Å². The van der Waals surface area contributed by atoms with Crippen molar-refractivity contribution in [1.29, 1.82) is 0 Å². The molecule has 0 aromatic carbocycles. The van der Waals surface area contributed by atoms with Gasteiger partial charge in [0, 0.05) is 29.3 Å². The second-order valence-corrected chi connectivity index (χ2v) is 6.52. The number of carbonyl (C=O) groups excluding carboxylic acids is 1. The van der Waals surface area contributed by atoms with Gasteiger partial charge in [-0.25, -0.2) is 4.98 Å². The molecule has 0 radical (unpaired) electrons. The van der Waals surface area contributed by atoms with E-state index in [1.165, 1.54) is 19.3 Å². The van der Waals surface area contributed by atoms with Crippen LogP contribution in [0.2, 0.25) is 0 Å². The van der Waals surface area contributed by atoms with Crippen molar-refractivity contribution < 1.29 is 4.79 Å². The number of piperidine rings is 1. The van der Waals surface area contributed by atoms with Gasteiger partial charge in [-0.2, -0.15) is 0 Å². The topological polar surface area (TPSA) is 45.2 Å². The van der Waals surface area contributed by atoms with Crippen molar-refractivity contribution in [2.45, 2.75) is 44.2 Å². The lowest BCUT2D eigenvalue weighted by atomic mass is 10.0. The van der Waals surface area contributed by atoms with E-state index >= 15 is 0 Å². The van der Waals surface area contributed by atoms with Crippen molar-refractivity contribution in [3.05, 3.63) is 28.5 Å². The Balaban J connectivity index is 1.73. The molecule has 1 saturated heterocycles. The molecule has 5 heteroatoms. The quantitative estimate of drug-likeness (QED) is 0.918. The Morgan fingerprint density at radius 1 is 1.40 bits per heavy atom. The Morgan fingerprint density at radius 3 is 2.90 bits per heavy atom. The van der Waals surface area contributed by atoms with Crippen molar-refractivity contribution in [3.8, 4) is 0 Å². The van der Waals surface area contributed by atoms with Gasteiger partial charge < -0.3 is 10.2 Å². The first-order valence-corrected chi connectivity index (χ1v) is 8.20. The molecule has 1 saturated carbocycles. The molecule has 0 spiro atoms. The van der Waals surface area contributed by atoms with Gasteiger partial charge in [-0.15, -0.1) is 0 Å². The normalized spacial score (nSPS) is 22.6. The third-order valence-corrected chi connectivity index (χ3v) is 4.68. The number of carbonyl (C=O) groups is 1. The van der Waals surface area contributed by atoms with Crippen molar-refractivity contribution in [2.75, 3.05) is 13.1 Å². The van der Waals surface area contributed by atoms with Gasteiger partial charge in [-0.05, 0) is 60.3 Å². The van der Waals surface area contributed by atoms with Crippen LogP contribution in [0.4, 0.5) is 0 Å². The monoisotopic (exact) mass is 337 g/mol. The van der Waals surface area contributed by atoms with E-state index in [1.54, 1.807) is 6.20 Å². The first-order valence-electron chi connectivity index (χ1n) is 7.40. The number of hydrogen-bond acceptors (Lipinski definition) is 3. The van der Waals surface area contributed by atoms with E-state index in [9.17, 15) is 4.79 Å². The highest BCUT2D eigenvalue weighted by Crippen LogP contribution is 2.30. The second-order valence-electron chi connectivity index (χ2n) is 5.67. The van der Waals surface area contributed by atoms with Gasteiger partial charge in [0.2, 0.25) is 0 Å². The molecule has 1 atom stereocenters. The zero-order valence-corrected chi connectivity index (χ0v) is 13.1. The molecule has 0 bridgehead atoms. The Hall–Kier alpha value is -0.940. The molecule has 1 aromatic rings. The van der Waals surface area contributed by atoms with Crippen LogP contribution in [0.25, 0.3) is 0 Å². The summed E-state index contributed by atoms with van der Waals surface area (Å²) in [6.07, 6.45) is 7.62. The van der Waals surface area contributed by atoms with Gasteiger partial charge in [0.15, 0.2) is 0 Å². The first-order chi connectivity index (χ1) is 9.75. The maximum Gasteiger partial charge on any atom is 0.273 e. The van der Waals surface area contributed by atoms with Gasteiger partial charge in [0.1, 0.15) is 5.69 Å². The Labute approximate surface area is 128 Å². The molecule has 2 heterocycles. The van der Waals surface area contributed by atoms with Crippen molar-refractivity contribution >= 4 is 21.8 Å². The van der Waals surface area contributed by atoms with Gasteiger partial charge in [-0.1, -0.05) is 6.42 Å². The van der Waals surface area contributed by atoms with Crippen molar-refractivity contribution in [2.24, 2.45) is 0 Å². The lowest BCUT2D eigenvalue weighted by molar-refractivity contribution is 0.0711. The van der Waals surface area contributed by atoms with E-state index in [4.69, 9.17) is 0 Å². The number of pyridine rings is 1. The molecule has 108 valence electrons. The summed E-state index contributed by atoms with van der Waals surface area (Å²) in [4.78, 5) is 19.0. The fourth-order valence-electron chi connectivity index (χ4n) is 2.78. The van der Waals surface area contributed by atoms with Crippen LogP contribution in [0.15, 0.2) is 22.8 Å². The van der Waals surface area contributed by atoms with Crippen molar-refractivity contribution in [3.63, 3.8) is 0 Å². The number of nitrogens with one attached hydrogen (secondary N) is 1. The van der Waals surface area contributed by atoms with E-state index in [0.717, 1.165) is 30.4 Å². The highest BCUT2D eigenvalue weighted by molar-refractivity contribution is 9.10.